The molecular weight excluding hydrogens is 326 g/mol. The van der Waals surface area contributed by atoms with Gasteiger partial charge in [0.05, 0.1) is 12.6 Å². The maximum absolute atomic E-state index is 5.96. The molecule has 0 spiro atoms. The van der Waals surface area contributed by atoms with Gasteiger partial charge in [-0.25, -0.2) is 9.97 Å². The van der Waals surface area contributed by atoms with Crippen LogP contribution in [0, 0.1) is 11.8 Å². The van der Waals surface area contributed by atoms with Crippen molar-refractivity contribution in [1.29, 1.82) is 0 Å². The Hall–Kier alpha value is -1.68. The first kappa shape index (κ1) is 19.1. The number of hydrogen-bond donors (Lipinski definition) is 0. The van der Waals surface area contributed by atoms with Crippen molar-refractivity contribution in [3.8, 4) is 11.8 Å². The van der Waals surface area contributed by atoms with Gasteiger partial charge < -0.3 is 14.5 Å². The monoisotopic (exact) mass is 357 g/mol. The zero-order valence-corrected chi connectivity index (χ0v) is 16.2. The van der Waals surface area contributed by atoms with Crippen LogP contribution in [-0.2, 0) is 11.2 Å². The van der Waals surface area contributed by atoms with Gasteiger partial charge in [0, 0.05) is 51.0 Å². The van der Waals surface area contributed by atoms with Gasteiger partial charge in [0.15, 0.2) is 0 Å². The number of rotatable bonds is 5. The molecule has 2 aliphatic rings. The minimum absolute atomic E-state index is 0.316. The molecule has 0 amide bonds. The summed E-state index contributed by atoms with van der Waals surface area (Å²) in [6, 6.07) is 2.10. The lowest BCUT2D eigenvalue weighted by Crippen LogP contribution is -2.44. The predicted octanol–water partition coefficient (Wildman–Crippen LogP) is 1.28. The van der Waals surface area contributed by atoms with Gasteiger partial charge in [-0.05, 0) is 26.3 Å². The maximum atomic E-state index is 5.96. The van der Waals surface area contributed by atoms with E-state index >= 15 is 0 Å². The van der Waals surface area contributed by atoms with Crippen LogP contribution in [-0.4, -0.2) is 85.3 Å². The fourth-order valence-electron chi connectivity index (χ4n) is 3.39. The number of hydrogen-bond acceptors (Lipinski definition) is 6. The second kappa shape index (κ2) is 9.86. The van der Waals surface area contributed by atoms with Gasteiger partial charge in [0.1, 0.15) is 18.8 Å². The number of piperazine rings is 1. The summed E-state index contributed by atoms with van der Waals surface area (Å²) < 4.78 is 5.96. The van der Waals surface area contributed by atoms with Crippen LogP contribution in [0.4, 0.5) is 5.82 Å². The van der Waals surface area contributed by atoms with Gasteiger partial charge in [-0.15, -0.1) is 0 Å². The summed E-state index contributed by atoms with van der Waals surface area (Å²) in [4.78, 5) is 15.8. The first-order valence-corrected chi connectivity index (χ1v) is 9.78. The van der Waals surface area contributed by atoms with Crippen molar-refractivity contribution in [2.75, 3.05) is 64.4 Å². The number of aryl methyl sites for hydroxylation is 1. The fourth-order valence-corrected chi connectivity index (χ4v) is 3.39. The maximum Gasteiger partial charge on any atom is 0.132 e. The average Bonchev–Trinajstić information content (AvgIpc) is 2.70. The molecule has 3 heterocycles. The van der Waals surface area contributed by atoms with E-state index in [9.17, 15) is 0 Å². The molecule has 0 atom stereocenters. The molecule has 0 saturated carbocycles. The van der Waals surface area contributed by atoms with Crippen molar-refractivity contribution in [2.24, 2.45) is 0 Å². The van der Waals surface area contributed by atoms with Crippen molar-refractivity contribution in [1.82, 2.24) is 19.8 Å². The second-order valence-electron chi connectivity index (χ2n) is 7.15. The summed E-state index contributed by atoms with van der Waals surface area (Å²) in [5.41, 5.74) is 1.10. The number of anilines is 1. The lowest BCUT2D eigenvalue weighted by molar-refractivity contribution is 0.0593. The minimum atomic E-state index is 0.316. The summed E-state index contributed by atoms with van der Waals surface area (Å²) in [6.45, 7) is 10.0. The Bertz CT molecular complexity index is 610. The van der Waals surface area contributed by atoms with Crippen molar-refractivity contribution < 1.29 is 4.74 Å². The Kier molecular flexibility index (Phi) is 7.24. The highest BCUT2D eigenvalue weighted by Gasteiger charge is 2.20. The van der Waals surface area contributed by atoms with E-state index in [0.717, 1.165) is 76.6 Å². The number of aromatic nitrogens is 2. The van der Waals surface area contributed by atoms with Gasteiger partial charge in [-0.3, -0.25) is 4.90 Å². The van der Waals surface area contributed by atoms with Crippen LogP contribution < -0.4 is 4.90 Å². The second-order valence-corrected chi connectivity index (χ2v) is 7.15. The minimum Gasteiger partial charge on any atom is -0.365 e. The van der Waals surface area contributed by atoms with Crippen LogP contribution in [0.25, 0.3) is 0 Å². The lowest BCUT2D eigenvalue weighted by atomic mass is 10.1. The molecule has 2 saturated heterocycles. The van der Waals surface area contributed by atoms with Crippen LogP contribution in [0.3, 0.4) is 0 Å². The van der Waals surface area contributed by atoms with Crippen LogP contribution in [0.15, 0.2) is 12.4 Å². The summed E-state index contributed by atoms with van der Waals surface area (Å²) in [6.07, 6.45) is 5.00. The number of likely N-dealkylation sites (N-methyl/N-ethyl adjacent to an activating group) is 1. The third kappa shape index (κ3) is 5.66. The summed E-state index contributed by atoms with van der Waals surface area (Å²) in [5.74, 6) is 7.49. The van der Waals surface area contributed by atoms with Crippen LogP contribution in [0.2, 0.25) is 0 Å². The molecular formula is C20H31N5O. The van der Waals surface area contributed by atoms with Crippen molar-refractivity contribution in [3.63, 3.8) is 0 Å². The summed E-state index contributed by atoms with van der Waals surface area (Å²) in [7, 11) is 2.18. The average molecular weight is 358 g/mol. The van der Waals surface area contributed by atoms with Gasteiger partial charge >= 0.3 is 0 Å². The molecule has 0 aliphatic carbocycles. The van der Waals surface area contributed by atoms with E-state index in [2.05, 4.69) is 56.5 Å². The third-order valence-electron chi connectivity index (χ3n) is 5.25. The van der Waals surface area contributed by atoms with Gasteiger partial charge in [0.25, 0.3) is 0 Å². The standard InChI is InChI=1S/C20H31N5O/c1-3-18-16-20(22-17-21-18)25-9-6-19(7-10-25)26-15-5-4-8-24-13-11-23(2)12-14-24/h16-17,19H,3,6-15H2,1-2H3. The zero-order valence-electron chi connectivity index (χ0n) is 16.2. The van der Waals surface area contributed by atoms with E-state index in [1.54, 1.807) is 6.33 Å². The SMILES string of the molecule is CCc1cc(N2CCC(OCC#CCN3CCN(C)CC3)CC2)ncn1. The first-order chi connectivity index (χ1) is 12.7. The molecule has 6 heteroatoms. The summed E-state index contributed by atoms with van der Waals surface area (Å²) >= 11 is 0. The molecule has 0 aromatic carbocycles. The van der Waals surface area contributed by atoms with Crippen molar-refractivity contribution in [3.05, 3.63) is 18.1 Å². The van der Waals surface area contributed by atoms with E-state index in [1.165, 1.54) is 0 Å². The lowest BCUT2D eigenvalue weighted by Gasteiger charge is -2.32. The van der Waals surface area contributed by atoms with Crippen LogP contribution in [0.5, 0.6) is 0 Å². The van der Waals surface area contributed by atoms with Gasteiger partial charge in [-0.1, -0.05) is 18.8 Å². The molecule has 1 aromatic rings. The van der Waals surface area contributed by atoms with Crippen LogP contribution >= 0.6 is 0 Å². The van der Waals surface area contributed by atoms with Gasteiger partial charge in [0.2, 0.25) is 0 Å². The molecule has 0 unspecified atom stereocenters. The Morgan fingerprint density at radius 3 is 2.58 bits per heavy atom. The molecule has 2 aliphatic heterocycles. The van der Waals surface area contributed by atoms with E-state index in [-0.39, 0.29) is 0 Å². The highest BCUT2D eigenvalue weighted by Crippen LogP contribution is 2.19. The molecule has 3 rings (SSSR count). The Balaban J connectivity index is 1.34. The highest BCUT2D eigenvalue weighted by atomic mass is 16.5. The van der Waals surface area contributed by atoms with Crippen molar-refractivity contribution >= 4 is 5.82 Å². The predicted molar refractivity (Wildman–Crippen MR) is 104 cm³/mol. The zero-order chi connectivity index (χ0) is 18.2. The van der Waals surface area contributed by atoms with Crippen LogP contribution in [0.1, 0.15) is 25.5 Å². The quantitative estimate of drug-likeness (QED) is 0.740. The number of ether oxygens (including phenoxy) is 1. The molecule has 0 N–H and O–H groups in total. The Morgan fingerprint density at radius 2 is 1.85 bits per heavy atom. The largest absolute Gasteiger partial charge is 0.365 e. The molecule has 0 bridgehead atoms. The van der Waals surface area contributed by atoms with E-state index in [4.69, 9.17) is 4.74 Å². The summed E-state index contributed by atoms with van der Waals surface area (Å²) in [5, 5.41) is 0. The molecule has 6 nitrogen and oxygen atoms in total. The van der Waals surface area contributed by atoms with E-state index in [1.807, 2.05) is 0 Å². The smallest absolute Gasteiger partial charge is 0.132 e. The topological polar surface area (TPSA) is 44.7 Å². The van der Waals surface area contributed by atoms with E-state index < -0.39 is 0 Å². The van der Waals surface area contributed by atoms with E-state index in [0.29, 0.717) is 12.7 Å². The molecule has 2 fully saturated rings. The normalized spacial score (nSPS) is 20.0. The number of nitrogens with zero attached hydrogens (tertiary/aromatic N) is 5. The third-order valence-corrected chi connectivity index (χ3v) is 5.25. The first-order valence-electron chi connectivity index (χ1n) is 9.78. The molecule has 0 radical (unpaired) electrons. The Morgan fingerprint density at radius 1 is 1.08 bits per heavy atom. The molecule has 142 valence electrons. The number of piperidine rings is 1. The Labute approximate surface area is 157 Å². The van der Waals surface area contributed by atoms with Crippen molar-refractivity contribution in [2.45, 2.75) is 32.3 Å². The highest BCUT2D eigenvalue weighted by molar-refractivity contribution is 5.39. The fraction of sp³-hybridized carbons (Fsp3) is 0.700. The van der Waals surface area contributed by atoms with Gasteiger partial charge in [-0.2, -0.15) is 0 Å². The molecule has 26 heavy (non-hydrogen) atoms. The molecule has 1 aromatic heterocycles.